The van der Waals surface area contributed by atoms with E-state index in [-0.39, 0.29) is 26.4 Å². The van der Waals surface area contributed by atoms with Crippen molar-refractivity contribution in [2.75, 3.05) is 26.4 Å². The van der Waals surface area contributed by atoms with Gasteiger partial charge in [-0.05, 0) is 56.2 Å². The van der Waals surface area contributed by atoms with Crippen LogP contribution in [0, 0.1) is 0 Å². The molecule has 0 saturated carbocycles. The zero-order valence-corrected chi connectivity index (χ0v) is 22.4. The number of esters is 3. The Bertz CT molecular complexity index is 1160. The van der Waals surface area contributed by atoms with E-state index in [0.717, 1.165) is 11.1 Å². The molecule has 2 aromatic rings. The second-order valence-electron chi connectivity index (χ2n) is 8.14. The summed E-state index contributed by atoms with van der Waals surface area (Å²) < 4.78 is 27.0. The molecular formula is C28H31O8P. The quantitative estimate of drug-likeness (QED) is 0.125. The number of carbonyl (C=O) groups excluding carboxylic acids is 3. The van der Waals surface area contributed by atoms with Crippen molar-refractivity contribution in [3.8, 4) is 28.4 Å². The van der Waals surface area contributed by atoms with Gasteiger partial charge in [0, 0.05) is 28.1 Å². The lowest BCUT2D eigenvalue weighted by Crippen LogP contribution is -2.13. The highest BCUT2D eigenvalue weighted by Gasteiger charge is 2.12. The van der Waals surface area contributed by atoms with Crippen molar-refractivity contribution in [3.05, 3.63) is 72.9 Å². The van der Waals surface area contributed by atoms with Crippen molar-refractivity contribution in [1.29, 1.82) is 0 Å². The average Bonchev–Trinajstić information content (AvgIpc) is 2.84. The molecule has 0 N–H and O–H groups in total. The smallest absolute Gasteiger partial charge is 0.338 e. The van der Waals surface area contributed by atoms with E-state index in [9.17, 15) is 14.4 Å². The molecule has 0 aliphatic carbocycles. The molecule has 8 nitrogen and oxygen atoms in total. The van der Waals surface area contributed by atoms with E-state index in [1.165, 1.54) is 0 Å². The summed E-state index contributed by atoms with van der Waals surface area (Å²) in [6.45, 7) is 15.7. The molecule has 0 radical (unpaired) electrons. The van der Waals surface area contributed by atoms with E-state index < -0.39 is 17.9 Å². The minimum atomic E-state index is -0.512. The molecule has 0 amide bonds. The molecule has 1 atom stereocenters. The highest BCUT2D eigenvalue weighted by atomic mass is 31.0. The maximum Gasteiger partial charge on any atom is 0.338 e. The normalized spacial score (nSPS) is 10.2. The van der Waals surface area contributed by atoms with Crippen molar-refractivity contribution in [1.82, 2.24) is 0 Å². The molecule has 9 heteroatoms. The van der Waals surface area contributed by atoms with Gasteiger partial charge in [0.1, 0.15) is 43.7 Å². The summed E-state index contributed by atoms with van der Waals surface area (Å²) in [6.07, 6.45) is 0. The van der Waals surface area contributed by atoms with E-state index in [0.29, 0.717) is 39.3 Å². The summed E-state index contributed by atoms with van der Waals surface area (Å²) in [6, 6.07) is 10.6. The predicted octanol–water partition coefficient (Wildman–Crippen LogP) is 4.33. The molecule has 1 unspecified atom stereocenters. The lowest BCUT2D eigenvalue weighted by Gasteiger charge is -2.14. The van der Waals surface area contributed by atoms with Crippen LogP contribution < -0.4 is 19.5 Å². The van der Waals surface area contributed by atoms with Crippen LogP contribution in [0.2, 0.25) is 0 Å². The van der Waals surface area contributed by atoms with Gasteiger partial charge in [-0.3, -0.25) is 0 Å². The van der Waals surface area contributed by atoms with Gasteiger partial charge in [0.25, 0.3) is 0 Å². The number of hydrogen-bond acceptors (Lipinski definition) is 8. The molecule has 0 aliphatic rings. The van der Waals surface area contributed by atoms with Gasteiger partial charge in [0.2, 0.25) is 0 Å². The van der Waals surface area contributed by atoms with E-state index in [2.05, 4.69) is 29.0 Å². The fraction of sp³-hybridized carbons (Fsp3) is 0.250. The van der Waals surface area contributed by atoms with E-state index in [4.69, 9.17) is 23.7 Å². The molecule has 0 heterocycles. The number of hydrogen-bond donors (Lipinski definition) is 0. The number of ether oxygens (including phenoxy) is 5. The molecule has 0 aliphatic heterocycles. The summed E-state index contributed by atoms with van der Waals surface area (Å²) >= 11 is 0. The van der Waals surface area contributed by atoms with Crippen LogP contribution in [0.4, 0.5) is 0 Å². The SMILES string of the molecule is C=C(C)C(=O)OCCOc1cc(OCCOC(=O)C(=C)C)cc(-c2ccc(OC(=O)C(=C)C)c(P)c2)c1. The minimum Gasteiger partial charge on any atom is -0.490 e. The van der Waals surface area contributed by atoms with Gasteiger partial charge in [-0.2, -0.15) is 0 Å². The maximum absolute atomic E-state index is 11.9. The second-order valence-corrected chi connectivity index (χ2v) is 8.77. The zero-order valence-electron chi connectivity index (χ0n) is 21.3. The molecular weight excluding hydrogens is 495 g/mol. The Morgan fingerprint density at radius 3 is 1.59 bits per heavy atom. The van der Waals surface area contributed by atoms with Gasteiger partial charge in [0.05, 0.1) is 0 Å². The van der Waals surface area contributed by atoms with Gasteiger partial charge in [-0.1, -0.05) is 25.8 Å². The van der Waals surface area contributed by atoms with Gasteiger partial charge < -0.3 is 23.7 Å². The lowest BCUT2D eigenvalue weighted by atomic mass is 10.0. The van der Waals surface area contributed by atoms with Crippen molar-refractivity contribution in [2.24, 2.45) is 0 Å². The zero-order chi connectivity index (χ0) is 27.5. The monoisotopic (exact) mass is 526 g/mol. The largest absolute Gasteiger partial charge is 0.490 e. The van der Waals surface area contributed by atoms with Crippen LogP contribution in [-0.4, -0.2) is 44.3 Å². The van der Waals surface area contributed by atoms with E-state index in [1.807, 2.05) is 6.07 Å². The van der Waals surface area contributed by atoms with Gasteiger partial charge in [0.15, 0.2) is 0 Å². The standard InChI is InChI=1S/C28H31O8P/c1-17(2)26(29)34-11-9-32-22-13-21(14-23(16-22)33-10-12-35-27(30)18(3)4)20-7-8-24(25(37)15-20)36-28(31)19(5)6/h7-8,13-16H,1,3,5,9-12,37H2,2,4,6H3. The Balaban J connectivity index is 2.21. The third-order valence-electron chi connectivity index (χ3n) is 4.64. The number of rotatable bonds is 13. The average molecular weight is 527 g/mol. The lowest BCUT2D eigenvalue weighted by molar-refractivity contribution is -0.140. The van der Waals surface area contributed by atoms with Crippen LogP contribution in [0.1, 0.15) is 20.8 Å². The Morgan fingerprint density at radius 2 is 1.16 bits per heavy atom. The first-order valence-corrected chi connectivity index (χ1v) is 11.9. The summed E-state index contributed by atoms with van der Waals surface area (Å²) in [7, 11) is 2.54. The highest BCUT2D eigenvalue weighted by molar-refractivity contribution is 7.27. The Labute approximate surface area is 219 Å². The fourth-order valence-corrected chi connectivity index (χ4v) is 3.08. The van der Waals surface area contributed by atoms with Crippen LogP contribution in [0.5, 0.6) is 17.2 Å². The first-order chi connectivity index (χ1) is 17.5. The molecule has 2 rings (SSSR count). The van der Waals surface area contributed by atoms with E-state index in [1.54, 1.807) is 51.1 Å². The van der Waals surface area contributed by atoms with Crippen LogP contribution in [-0.2, 0) is 23.9 Å². The number of benzene rings is 2. The third kappa shape index (κ3) is 9.58. The van der Waals surface area contributed by atoms with Gasteiger partial charge in [-0.15, -0.1) is 9.24 Å². The molecule has 196 valence electrons. The highest BCUT2D eigenvalue weighted by Crippen LogP contribution is 2.31. The Morgan fingerprint density at radius 1 is 0.676 bits per heavy atom. The topological polar surface area (TPSA) is 97.4 Å². The molecule has 37 heavy (non-hydrogen) atoms. The first kappa shape index (κ1) is 29.3. The van der Waals surface area contributed by atoms with Crippen molar-refractivity contribution in [3.63, 3.8) is 0 Å². The van der Waals surface area contributed by atoms with Crippen LogP contribution in [0.15, 0.2) is 72.9 Å². The molecule has 0 aromatic heterocycles. The number of carbonyl (C=O) groups is 3. The molecule has 0 bridgehead atoms. The van der Waals surface area contributed by atoms with Crippen LogP contribution in [0.25, 0.3) is 11.1 Å². The Kier molecular flexibility index (Phi) is 11.1. The summed E-state index contributed by atoms with van der Waals surface area (Å²) in [5.74, 6) is -0.162. The first-order valence-electron chi connectivity index (χ1n) is 11.3. The molecule has 0 spiro atoms. The third-order valence-corrected chi connectivity index (χ3v) is 5.09. The summed E-state index contributed by atoms with van der Waals surface area (Å²) in [5, 5.41) is 0.666. The van der Waals surface area contributed by atoms with Crippen molar-refractivity contribution >= 4 is 32.5 Å². The van der Waals surface area contributed by atoms with Gasteiger partial charge in [-0.25, -0.2) is 14.4 Å². The van der Waals surface area contributed by atoms with Crippen molar-refractivity contribution < 1.29 is 38.1 Å². The van der Waals surface area contributed by atoms with E-state index >= 15 is 0 Å². The fourth-order valence-electron chi connectivity index (χ4n) is 2.75. The molecule has 0 fully saturated rings. The molecule has 0 saturated heterocycles. The van der Waals surface area contributed by atoms with Gasteiger partial charge >= 0.3 is 17.9 Å². The van der Waals surface area contributed by atoms with Crippen LogP contribution >= 0.6 is 9.24 Å². The van der Waals surface area contributed by atoms with Crippen LogP contribution in [0.3, 0.4) is 0 Å². The second kappa shape index (κ2) is 14.0. The summed E-state index contributed by atoms with van der Waals surface area (Å²) in [5.41, 5.74) is 2.46. The maximum atomic E-state index is 11.9. The summed E-state index contributed by atoms with van der Waals surface area (Å²) in [4.78, 5) is 35.0. The minimum absolute atomic E-state index is 0.0432. The predicted molar refractivity (Wildman–Crippen MR) is 144 cm³/mol. The molecule has 2 aromatic carbocycles. The Hall–Kier alpha value is -3.90. The van der Waals surface area contributed by atoms with Crippen molar-refractivity contribution in [2.45, 2.75) is 20.8 Å².